The summed E-state index contributed by atoms with van der Waals surface area (Å²) in [5, 5.41) is 7.35. The Bertz CT molecular complexity index is 1250. The summed E-state index contributed by atoms with van der Waals surface area (Å²) in [6.07, 6.45) is 7.94. The van der Waals surface area contributed by atoms with E-state index in [1.165, 1.54) is 0 Å². The van der Waals surface area contributed by atoms with Crippen LogP contribution in [0.2, 0.25) is 0 Å². The van der Waals surface area contributed by atoms with Crippen LogP contribution in [0.4, 0.5) is 5.95 Å². The van der Waals surface area contributed by atoms with Crippen molar-refractivity contribution in [2.75, 3.05) is 18.0 Å². The van der Waals surface area contributed by atoms with E-state index in [0.717, 1.165) is 35.6 Å². The second-order valence-electron chi connectivity index (χ2n) is 7.94. The number of rotatable bonds is 5. The molecule has 1 saturated heterocycles. The van der Waals surface area contributed by atoms with Gasteiger partial charge < -0.3 is 14.8 Å². The SMILES string of the molecule is Cn1cc(-c2ccnc(N3CCC(NC(=O)c4cnc(-c5ccccc5)n4C)C3)n2)cn1. The maximum Gasteiger partial charge on any atom is 0.269 e. The van der Waals surface area contributed by atoms with Crippen LogP contribution in [0.3, 0.4) is 0 Å². The standard InChI is InChI=1S/C23H24N8O/c1-29-14-17(12-26-29)19-8-10-24-23(28-19)31-11-9-18(15-31)27-22(32)20-13-25-21(30(20)2)16-6-4-3-5-7-16/h3-8,10,12-14,18H,9,11,15H2,1-2H3,(H,27,32). The van der Waals surface area contributed by atoms with Gasteiger partial charge in [0, 0.05) is 56.7 Å². The molecule has 1 unspecified atom stereocenters. The van der Waals surface area contributed by atoms with Gasteiger partial charge in [0.2, 0.25) is 5.95 Å². The van der Waals surface area contributed by atoms with Crippen LogP contribution in [0.15, 0.2) is 61.2 Å². The average Bonchev–Trinajstić information content (AvgIpc) is 3.55. The number of carbonyl (C=O) groups excluding carboxylic acids is 1. The molecule has 1 atom stereocenters. The summed E-state index contributed by atoms with van der Waals surface area (Å²) < 4.78 is 3.58. The van der Waals surface area contributed by atoms with E-state index in [2.05, 4.69) is 25.3 Å². The topological polar surface area (TPSA) is 93.8 Å². The third kappa shape index (κ3) is 3.84. The van der Waals surface area contributed by atoms with Gasteiger partial charge in [0.1, 0.15) is 11.5 Å². The van der Waals surface area contributed by atoms with Gasteiger partial charge in [0.15, 0.2) is 0 Å². The molecule has 0 bridgehead atoms. The molecule has 9 nitrogen and oxygen atoms in total. The predicted octanol–water partition coefficient (Wildman–Crippen LogP) is 2.29. The highest BCUT2D eigenvalue weighted by atomic mass is 16.2. The number of amides is 1. The van der Waals surface area contributed by atoms with E-state index in [-0.39, 0.29) is 11.9 Å². The zero-order valence-electron chi connectivity index (χ0n) is 18.0. The Morgan fingerprint density at radius 1 is 1.06 bits per heavy atom. The van der Waals surface area contributed by atoms with Gasteiger partial charge in [0.25, 0.3) is 5.91 Å². The second kappa shape index (κ2) is 8.26. The number of hydrogen-bond acceptors (Lipinski definition) is 6. The van der Waals surface area contributed by atoms with Crippen molar-refractivity contribution >= 4 is 11.9 Å². The summed E-state index contributed by atoms with van der Waals surface area (Å²) in [5.74, 6) is 1.30. The van der Waals surface area contributed by atoms with Crippen molar-refractivity contribution < 1.29 is 4.79 Å². The second-order valence-corrected chi connectivity index (χ2v) is 7.94. The lowest BCUT2D eigenvalue weighted by Crippen LogP contribution is -2.38. The quantitative estimate of drug-likeness (QED) is 0.524. The molecule has 5 rings (SSSR count). The Labute approximate surface area is 185 Å². The molecule has 1 aliphatic rings. The molecule has 0 spiro atoms. The maximum atomic E-state index is 12.9. The van der Waals surface area contributed by atoms with Crippen molar-refractivity contribution in [1.29, 1.82) is 0 Å². The van der Waals surface area contributed by atoms with Gasteiger partial charge in [-0.05, 0) is 12.5 Å². The summed E-state index contributed by atoms with van der Waals surface area (Å²) in [5.41, 5.74) is 3.30. The average molecular weight is 429 g/mol. The number of aryl methyl sites for hydroxylation is 1. The van der Waals surface area contributed by atoms with Crippen LogP contribution >= 0.6 is 0 Å². The van der Waals surface area contributed by atoms with Gasteiger partial charge in [-0.1, -0.05) is 30.3 Å². The lowest BCUT2D eigenvalue weighted by molar-refractivity contribution is 0.0932. The molecule has 0 radical (unpaired) electrons. The maximum absolute atomic E-state index is 12.9. The fraction of sp³-hybridized carbons (Fsp3) is 0.261. The van der Waals surface area contributed by atoms with Crippen LogP contribution in [0, 0.1) is 0 Å². The smallest absolute Gasteiger partial charge is 0.269 e. The van der Waals surface area contributed by atoms with E-state index in [9.17, 15) is 4.79 Å². The van der Waals surface area contributed by atoms with Gasteiger partial charge in [-0.2, -0.15) is 5.10 Å². The first-order valence-electron chi connectivity index (χ1n) is 10.5. The van der Waals surface area contributed by atoms with Gasteiger partial charge in [-0.25, -0.2) is 15.0 Å². The fourth-order valence-electron chi connectivity index (χ4n) is 4.01. The fourth-order valence-corrected chi connectivity index (χ4v) is 4.01. The molecule has 4 aromatic rings. The van der Waals surface area contributed by atoms with E-state index in [0.29, 0.717) is 18.2 Å². The molecule has 32 heavy (non-hydrogen) atoms. The zero-order valence-corrected chi connectivity index (χ0v) is 18.0. The molecule has 0 saturated carbocycles. The molecule has 1 fully saturated rings. The Morgan fingerprint density at radius 3 is 2.69 bits per heavy atom. The van der Waals surface area contributed by atoms with E-state index in [4.69, 9.17) is 4.98 Å². The number of aromatic nitrogens is 6. The van der Waals surface area contributed by atoms with Gasteiger partial charge in [0.05, 0.1) is 18.1 Å². The third-order valence-corrected chi connectivity index (χ3v) is 5.70. The monoisotopic (exact) mass is 428 g/mol. The zero-order chi connectivity index (χ0) is 22.1. The van der Waals surface area contributed by atoms with Gasteiger partial charge >= 0.3 is 0 Å². The highest BCUT2D eigenvalue weighted by Crippen LogP contribution is 2.22. The molecule has 162 valence electrons. The van der Waals surface area contributed by atoms with Crippen molar-refractivity contribution in [2.45, 2.75) is 12.5 Å². The van der Waals surface area contributed by atoms with Crippen molar-refractivity contribution in [3.05, 3.63) is 66.9 Å². The van der Waals surface area contributed by atoms with Crippen LogP contribution < -0.4 is 10.2 Å². The predicted molar refractivity (Wildman–Crippen MR) is 121 cm³/mol. The number of anilines is 1. The van der Waals surface area contributed by atoms with E-state index >= 15 is 0 Å². The van der Waals surface area contributed by atoms with Crippen LogP contribution in [-0.2, 0) is 14.1 Å². The van der Waals surface area contributed by atoms with Crippen molar-refractivity contribution in [2.24, 2.45) is 14.1 Å². The number of nitrogens with zero attached hydrogens (tertiary/aromatic N) is 7. The molecule has 4 heterocycles. The Hall–Kier alpha value is -4.01. The molecule has 9 heteroatoms. The first kappa shape index (κ1) is 19.9. The van der Waals surface area contributed by atoms with Crippen LogP contribution in [0.25, 0.3) is 22.6 Å². The molecule has 3 aromatic heterocycles. The summed E-state index contributed by atoms with van der Waals surface area (Å²) in [6, 6.07) is 11.7. The molecular formula is C23H24N8O. The van der Waals surface area contributed by atoms with Crippen LogP contribution in [0.5, 0.6) is 0 Å². The van der Waals surface area contributed by atoms with Crippen LogP contribution in [-0.4, -0.2) is 54.3 Å². The Balaban J connectivity index is 1.26. The highest BCUT2D eigenvalue weighted by molar-refractivity contribution is 5.93. The third-order valence-electron chi connectivity index (χ3n) is 5.70. The number of nitrogens with one attached hydrogen (secondary N) is 1. The summed E-state index contributed by atoms with van der Waals surface area (Å²) in [7, 11) is 3.74. The molecule has 1 aromatic carbocycles. The lowest BCUT2D eigenvalue weighted by Gasteiger charge is -2.17. The van der Waals surface area contributed by atoms with Crippen molar-refractivity contribution in [3.8, 4) is 22.6 Å². The Morgan fingerprint density at radius 2 is 1.91 bits per heavy atom. The number of carbonyl (C=O) groups is 1. The normalized spacial score (nSPS) is 15.8. The van der Waals surface area contributed by atoms with Gasteiger partial charge in [-0.3, -0.25) is 9.48 Å². The minimum absolute atomic E-state index is 0.0169. The molecule has 0 aliphatic carbocycles. The van der Waals surface area contributed by atoms with Crippen LogP contribution in [0.1, 0.15) is 16.9 Å². The summed E-state index contributed by atoms with van der Waals surface area (Å²) in [4.78, 5) is 28.6. The molecule has 1 aliphatic heterocycles. The summed E-state index contributed by atoms with van der Waals surface area (Å²) >= 11 is 0. The number of imidazole rings is 1. The highest BCUT2D eigenvalue weighted by Gasteiger charge is 2.27. The summed E-state index contributed by atoms with van der Waals surface area (Å²) in [6.45, 7) is 1.44. The van der Waals surface area contributed by atoms with Crippen molar-refractivity contribution in [1.82, 2.24) is 34.6 Å². The lowest BCUT2D eigenvalue weighted by atomic mass is 10.2. The molecular weight excluding hydrogens is 404 g/mol. The minimum Gasteiger partial charge on any atom is -0.346 e. The van der Waals surface area contributed by atoms with E-state index in [1.54, 1.807) is 23.3 Å². The molecule has 1 N–H and O–H groups in total. The number of hydrogen-bond donors (Lipinski definition) is 1. The van der Waals surface area contributed by atoms with Gasteiger partial charge in [-0.15, -0.1) is 0 Å². The first-order valence-corrected chi connectivity index (χ1v) is 10.5. The number of benzene rings is 1. The molecule has 1 amide bonds. The van der Waals surface area contributed by atoms with E-state index < -0.39 is 0 Å². The van der Waals surface area contributed by atoms with E-state index in [1.807, 2.05) is 61.3 Å². The largest absolute Gasteiger partial charge is 0.346 e. The Kier molecular flexibility index (Phi) is 5.14. The first-order chi connectivity index (χ1) is 15.6. The van der Waals surface area contributed by atoms with Crippen molar-refractivity contribution in [3.63, 3.8) is 0 Å². The minimum atomic E-state index is -0.126.